The second kappa shape index (κ2) is 5.19. The molecule has 0 fully saturated rings. The number of rotatable bonds is 2. The van der Waals surface area contributed by atoms with Crippen LogP contribution >= 0.6 is 21.2 Å². The molecule has 0 atom stereocenters. The Morgan fingerprint density at radius 1 is 1.31 bits per heavy atom. The fraction of sp³-hybridized carbons (Fsp3) is 0.111. The number of benzene rings is 1. The summed E-state index contributed by atoms with van der Waals surface area (Å²) in [5.41, 5.74) is -0.407. The van der Waals surface area contributed by atoms with Crippen LogP contribution in [0.4, 0.5) is 8.78 Å². The highest BCUT2D eigenvalue weighted by Gasteiger charge is 2.18. The third-order valence-electron chi connectivity index (χ3n) is 1.60. The summed E-state index contributed by atoms with van der Waals surface area (Å²) >= 11 is -1.97. The molecule has 0 aliphatic heterocycles. The standard InChI is InChI=1S/C9H6F2INO3/c1-4(14)13-9(15)6-2-5(10)3-7(11)8(6)12-16/h2-3H,1H3,(H,13,14,15). The van der Waals surface area contributed by atoms with E-state index in [0.717, 1.165) is 13.0 Å². The summed E-state index contributed by atoms with van der Waals surface area (Å²) in [4.78, 5) is 22.0. The Balaban J connectivity index is 3.25. The molecular weight excluding hydrogens is 335 g/mol. The highest BCUT2D eigenvalue weighted by atomic mass is 127. The molecule has 1 rings (SSSR count). The molecule has 1 aromatic carbocycles. The number of carbonyl (C=O) groups is 2. The van der Waals surface area contributed by atoms with Crippen LogP contribution in [-0.4, -0.2) is 11.8 Å². The first kappa shape index (κ1) is 12.8. The number of amides is 2. The van der Waals surface area contributed by atoms with Crippen LogP contribution in [0, 0.1) is 15.2 Å². The predicted octanol–water partition coefficient (Wildman–Crippen LogP) is 1.73. The zero-order chi connectivity index (χ0) is 12.3. The lowest BCUT2D eigenvalue weighted by Crippen LogP contribution is -2.29. The van der Waals surface area contributed by atoms with Crippen molar-refractivity contribution in [2.24, 2.45) is 0 Å². The van der Waals surface area contributed by atoms with Gasteiger partial charge in [0.2, 0.25) is 5.91 Å². The number of imide groups is 1. The first-order valence-electron chi connectivity index (χ1n) is 4.03. The molecule has 0 bridgehead atoms. The number of hydrogen-bond acceptors (Lipinski definition) is 3. The lowest BCUT2D eigenvalue weighted by atomic mass is 10.2. The lowest BCUT2D eigenvalue weighted by Gasteiger charge is -2.04. The van der Waals surface area contributed by atoms with Gasteiger partial charge in [-0.3, -0.25) is 18.0 Å². The Hall–Kier alpha value is -1.25. The fourth-order valence-electron chi connectivity index (χ4n) is 1.03. The van der Waals surface area contributed by atoms with E-state index in [1.807, 2.05) is 5.32 Å². The van der Waals surface area contributed by atoms with Crippen molar-refractivity contribution in [1.82, 2.24) is 5.32 Å². The maximum atomic E-state index is 13.1. The largest absolute Gasteiger partial charge is 0.293 e. The van der Waals surface area contributed by atoms with Crippen LogP contribution < -0.4 is 5.32 Å². The van der Waals surface area contributed by atoms with Gasteiger partial charge in [0.1, 0.15) is 11.6 Å². The molecule has 7 heteroatoms. The van der Waals surface area contributed by atoms with Gasteiger partial charge in [-0.15, -0.1) is 0 Å². The summed E-state index contributed by atoms with van der Waals surface area (Å²) < 4.78 is 36.4. The zero-order valence-electron chi connectivity index (χ0n) is 8.01. The normalized spacial score (nSPS) is 9.94. The minimum Gasteiger partial charge on any atom is -0.293 e. The van der Waals surface area contributed by atoms with Crippen LogP contribution in [0.15, 0.2) is 12.1 Å². The summed E-state index contributed by atoms with van der Waals surface area (Å²) in [7, 11) is 0. The predicted molar refractivity (Wildman–Crippen MR) is 57.9 cm³/mol. The Morgan fingerprint density at radius 3 is 2.44 bits per heavy atom. The molecule has 0 aromatic heterocycles. The molecule has 0 saturated heterocycles. The van der Waals surface area contributed by atoms with Gasteiger partial charge in [-0.1, -0.05) is 0 Å². The van der Waals surface area contributed by atoms with Crippen LogP contribution in [-0.2, 0) is 7.86 Å². The second-order valence-electron chi connectivity index (χ2n) is 2.84. The van der Waals surface area contributed by atoms with Crippen molar-refractivity contribution in [1.29, 1.82) is 0 Å². The Morgan fingerprint density at radius 2 is 1.94 bits per heavy atom. The van der Waals surface area contributed by atoms with Gasteiger partial charge in [0, 0.05) is 13.0 Å². The van der Waals surface area contributed by atoms with Crippen molar-refractivity contribution in [3.63, 3.8) is 0 Å². The maximum absolute atomic E-state index is 13.1. The third-order valence-corrected chi connectivity index (χ3v) is 3.14. The van der Waals surface area contributed by atoms with Crippen molar-refractivity contribution >= 4 is 33.0 Å². The van der Waals surface area contributed by atoms with E-state index < -0.39 is 50.2 Å². The second-order valence-corrected chi connectivity index (χ2v) is 4.36. The average molecular weight is 341 g/mol. The van der Waals surface area contributed by atoms with Gasteiger partial charge in [-0.25, -0.2) is 8.78 Å². The molecule has 2 amide bonds. The van der Waals surface area contributed by atoms with E-state index in [-0.39, 0.29) is 3.57 Å². The van der Waals surface area contributed by atoms with E-state index in [2.05, 4.69) is 0 Å². The van der Waals surface area contributed by atoms with Crippen LogP contribution in [0.5, 0.6) is 0 Å². The molecular formula is C9H6F2INO3. The summed E-state index contributed by atoms with van der Waals surface area (Å²) in [6.45, 7) is 1.08. The van der Waals surface area contributed by atoms with Gasteiger partial charge in [0.05, 0.1) is 9.13 Å². The van der Waals surface area contributed by atoms with Crippen LogP contribution in [0.25, 0.3) is 0 Å². The number of hydrogen-bond donors (Lipinski definition) is 1. The summed E-state index contributed by atoms with van der Waals surface area (Å²) in [5, 5.41) is 1.86. The molecule has 0 aliphatic carbocycles. The summed E-state index contributed by atoms with van der Waals surface area (Å²) in [6.07, 6.45) is 0. The Kier molecular flexibility index (Phi) is 4.16. The zero-order valence-corrected chi connectivity index (χ0v) is 10.2. The minimum atomic E-state index is -1.97. The van der Waals surface area contributed by atoms with Crippen molar-refractivity contribution in [2.75, 3.05) is 0 Å². The van der Waals surface area contributed by atoms with Gasteiger partial charge < -0.3 is 0 Å². The fourth-order valence-corrected chi connectivity index (χ4v) is 2.03. The van der Waals surface area contributed by atoms with Gasteiger partial charge >= 0.3 is 0 Å². The SMILES string of the molecule is CC(=O)NC(=O)c1cc(F)cc(F)c1I=O. The van der Waals surface area contributed by atoms with Crippen LogP contribution in [0.3, 0.4) is 0 Å². The molecule has 4 nitrogen and oxygen atoms in total. The maximum Gasteiger partial charge on any atom is 0.259 e. The molecule has 1 aromatic rings. The quantitative estimate of drug-likeness (QED) is 0.658. The van der Waals surface area contributed by atoms with E-state index in [9.17, 15) is 21.4 Å². The molecule has 0 heterocycles. The Bertz CT molecular complexity index is 476. The Labute approximate surface area is 99.7 Å². The molecule has 1 N–H and O–H groups in total. The molecule has 86 valence electrons. The lowest BCUT2D eigenvalue weighted by molar-refractivity contribution is -0.118. The van der Waals surface area contributed by atoms with Gasteiger partial charge in [-0.2, -0.15) is 0 Å². The number of carbonyl (C=O) groups excluding carboxylic acids is 2. The van der Waals surface area contributed by atoms with Crippen LogP contribution in [0.2, 0.25) is 0 Å². The van der Waals surface area contributed by atoms with E-state index >= 15 is 0 Å². The highest BCUT2D eigenvalue weighted by Crippen LogP contribution is 2.21. The average Bonchev–Trinajstić information content (AvgIpc) is 2.15. The third kappa shape index (κ3) is 2.87. The van der Waals surface area contributed by atoms with Crippen molar-refractivity contribution in [2.45, 2.75) is 6.92 Å². The summed E-state index contributed by atoms with van der Waals surface area (Å²) in [5.74, 6) is -3.63. The minimum absolute atomic E-state index is 0.348. The molecule has 0 radical (unpaired) electrons. The van der Waals surface area contributed by atoms with E-state index in [1.165, 1.54) is 0 Å². The van der Waals surface area contributed by atoms with E-state index in [1.54, 1.807) is 0 Å². The highest BCUT2D eigenvalue weighted by molar-refractivity contribution is 14.1. The molecule has 16 heavy (non-hydrogen) atoms. The van der Waals surface area contributed by atoms with Crippen LogP contribution in [0.1, 0.15) is 17.3 Å². The molecule has 0 spiro atoms. The van der Waals surface area contributed by atoms with E-state index in [0.29, 0.717) is 6.07 Å². The van der Waals surface area contributed by atoms with Crippen molar-refractivity contribution in [3.05, 3.63) is 32.9 Å². The van der Waals surface area contributed by atoms with Crippen molar-refractivity contribution < 1.29 is 21.4 Å². The van der Waals surface area contributed by atoms with Gasteiger partial charge in [0.25, 0.3) is 5.91 Å². The molecule has 0 saturated carbocycles. The molecule has 0 unspecified atom stereocenters. The van der Waals surface area contributed by atoms with Gasteiger partial charge in [-0.05, 0) is 6.07 Å². The van der Waals surface area contributed by atoms with Gasteiger partial charge in [0.15, 0.2) is 21.2 Å². The summed E-state index contributed by atoms with van der Waals surface area (Å²) in [6, 6.07) is 1.28. The number of nitrogens with one attached hydrogen (secondary N) is 1. The first-order chi connectivity index (χ1) is 7.45. The first-order valence-corrected chi connectivity index (χ1v) is 5.99. The monoisotopic (exact) mass is 341 g/mol. The number of halogens is 3. The molecule has 0 aliphatic rings. The topological polar surface area (TPSA) is 63.2 Å². The van der Waals surface area contributed by atoms with E-state index in [4.69, 9.17) is 0 Å². The van der Waals surface area contributed by atoms with Crippen molar-refractivity contribution in [3.8, 4) is 0 Å². The smallest absolute Gasteiger partial charge is 0.259 e.